The number of rotatable bonds is 3. The van der Waals surface area contributed by atoms with E-state index in [1.165, 1.54) is 12.2 Å². The number of amides is 1. The van der Waals surface area contributed by atoms with Gasteiger partial charge in [-0.1, -0.05) is 36.6 Å². The molecule has 1 aromatic rings. The van der Waals surface area contributed by atoms with Crippen LogP contribution in [0.4, 0.5) is 0 Å². The zero-order chi connectivity index (χ0) is 13.2. The molecule has 0 saturated heterocycles. The molecule has 0 bridgehead atoms. The van der Waals surface area contributed by atoms with Crippen molar-refractivity contribution in [3.63, 3.8) is 0 Å². The SMILES string of the molecule is CON(C)C(=O)C1(c2ccc(Cl)cc2)CCCC1. The minimum absolute atomic E-state index is 0.0322. The lowest BCUT2D eigenvalue weighted by Crippen LogP contribution is -2.43. The smallest absolute Gasteiger partial charge is 0.256 e. The Morgan fingerprint density at radius 2 is 1.83 bits per heavy atom. The standard InChI is InChI=1S/C14H18ClNO2/c1-16(18-2)13(17)14(9-3-4-10-14)11-5-7-12(15)8-6-11/h5-8H,3-4,9-10H2,1-2H3. The van der Waals surface area contributed by atoms with E-state index in [9.17, 15) is 4.79 Å². The van der Waals surface area contributed by atoms with E-state index >= 15 is 0 Å². The van der Waals surface area contributed by atoms with Crippen molar-refractivity contribution in [1.29, 1.82) is 0 Å². The molecule has 0 radical (unpaired) electrons. The maximum Gasteiger partial charge on any atom is 0.256 e. The summed E-state index contributed by atoms with van der Waals surface area (Å²) < 4.78 is 0. The highest BCUT2D eigenvalue weighted by Crippen LogP contribution is 2.42. The van der Waals surface area contributed by atoms with Crippen LogP contribution in [0.2, 0.25) is 5.02 Å². The van der Waals surface area contributed by atoms with Gasteiger partial charge in [0.1, 0.15) is 0 Å². The van der Waals surface area contributed by atoms with Crippen molar-refractivity contribution in [2.24, 2.45) is 0 Å². The van der Waals surface area contributed by atoms with Crippen molar-refractivity contribution in [2.75, 3.05) is 14.2 Å². The van der Waals surface area contributed by atoms with Crippen molar-refractivity contribution in [3.8, 4) is 0 Å². The predicted octanol–water partition coefficient (Wildman–Crippen LogP) is 3.17. The molecule has 18 heavy (non-hydrogen) atoms. The highest BCUT2D eigenvalue weighted by molar-refractivity contribution is 6.30. The lowest BCUT2D eigenvalue weighted by Gasteiger charge is -2.31. The summed E-state index contributed by atoms with van der Waals surface area (Å²) in [6.07, 6.45) is 3.90. The van der Waals surface area contributed by atoms with Crippen molar-refractivity contribution in [2.45, 2.75) is 31.1 Å². The van der Waals surface area contributed by atoms with E-state index in [-0.39, 0.29) is 5.91 Å². The van der Waals surface area contributed by atoms with Gasteiger partial charge in [-0.3, -0.25) is 9.63 Å². The van der Waals surface area contributed by atoms with Crippen molar-refractivity contribution < 1.29 is 9.63 Å². The van der Waals surface area contributed by atoms with Crippen LogP contribution in [-0.4, -0.2) is 25.1 Å². The van der Waals surface area contributed by atoms with E-state index in [2.05, 4.69) is 0 Å². The maximum atomic E-state index is 12.6. The van der Waals surface area contributed by atoms with Crippen LogP contribution >= 0.6 is 11.6 Å². The molecule has 0 aliphatic heterocycles. The summed E-state index contributed by atoms with van der Waals surface area (Å²) >= 11 is 5.91. The van der Waals surface area contributed by atoms with Gasteiger partial charge in [-0.25, -0.2) is 5.06 Å². The van der Waals surface area contributed by atoms with E-state index in [0.717, 1.165) is 31.2 Å². The molecule has 0 spiro atoms. The first-order chi connectivity index (χ1) is 8.60. The van der Waals surface area contributed by atoms with Gasteiger partial charge in [-0.2, -0.15) is 0 Å². The molecule has 1 aliphatic rings. The third-order valence-electron chi connectivity index (χ3n) is 3.82. The number of halogens is 1. The van der Waals surface area contributed by atoms with Crippen LogP contribution in [-0.2, 0) is 15.0 Å². The maximum absolute atomic E-state index is 12.6. The Balaban J connectivity index is 2.38. The Morgan fingerprint density at radius 1 is 1.28 bits per heavy atom. The fourth-order valence-corrected chi connectivity index (χ4v) is 2.88. The summed E-state index contributed by atoms with van der Waals surface area (Å²) in [7, 11) is 3.18. The van der Waals surface area contributed by atoms with Crippen LogP contribution in [0.25, 0.3) is 0 Å². The van der Waals surface area contributed by atoms with E-state index in [4.69, 9.17) is 16.4 Å². The Kier molecular flexibility index (Phi) is 3.93. The average molecular weight is 268 g/mol. The Morgan fingerprint density at radius 3 is 2.33 bits per heavy atom. The first-order valence-electron chi connectivity index (χ1n) is 6.18. The van der Waals surface area contributed by atoms with Crippen LogP contribution in [0.5, 0.6) is 0 Å². The van der Waals surface area contributed by atoms with Gasteiger partial charge in [0, 0.05) is 12.1 Å². The molecule has 3 nitrogen and oxygen atoms in total. The number of likely N-dealkylation sites (N-methyl/N-ethyl adjacent to an activating group) is 1. The first-order valence-corrected chi connectivity index (χ1v) is 6.56. The molecule has 0 unspecified atom stereocenters. The number of hydrogen-bond donors (Lipinski definition) is 0. The third kappa shape index (κ3) is 2.25. The van der Waals surface area contributed by atoms with Gasteiger partial charge < -0.3 is 0 Å². The van der Waals surface area contributed by atoms with Crippen molar-refractivity contribution >= 4 is 17.5 Å². The minimum atomic E-state index is -0.435. The zero-order valence-corrected chi connectivity index (χ0v) is 11.5. The van der Waals surface area contributed by atoms with Gasteiger partial charge in [-0.05, 0) is 30.5 Å². The molecule has 0 atom stereocenters. The van der Waals surface area contributed by atoms with Crippen LogP contribution < -0.4 is 0 Å². The molecule has 1 saturated carbocycles. The second-order valence-electron chi connectivity index (χ2n) is 4.78. The van der Waals surface area contributed by atoms with Gasteiger partial charge in [0.25, 0.3) is 5.91 Å². The van der Waals surface area contributed by atoms with Crippen molar-refractivity contribution in [3.05, 3.63) is 34.9 Å². The Bertz CT molecular complexity index is 424. The molecule has 4 heteroatoms. The van der Waals surface area contributed by atoms with Crippen LogP contribution in [0.3, 0.4) is 0 Å². The normalized spacial score (nSPS) is 17.7. The number of carbonyl (C=O) groups is 1. The molecular formula is C14H18ClNO2. The molecule has 0 heterocycles. The third-order valence-corrected chi connectivity index (χ3v) is 4.08. The van der Waals surface area contributed by atoms with Crippen LogP contribution in [0, 0.1) is 0 Å². The summed E-state index contributed by atoms with van der Waals surface area (Å²) in [6, 6.07) is 7.60. The number of hydroxylamine groups is 2. The Labute approximate surface area is 113 Å². The molecule has 1 aromatic carbocycles. The second-order valence-corrected chi connectivity index (χ2v) is 5.22. The molecule has 1 fully saturated rings. The van der Waals surface area contributed by atoms with Gasteiger partial charge >= 0.3 is 0 Å². The molecule has 1 aliphatic carbocycles. The lowest BCUT2D eigenvalue weighted by atomic mass is 9.78. The van der Waals surface area contributed by atoms with Gasteiger partial charge in [0.05, 0.1) is 12.5 Å². The summed E-state index contributed by atoms with van der Waals surface area (Å²) in [5, 5.41) is 2.03. The molecule has 98 valence electrons. The van der Waals surface area contributed by atoms with Crippen LogP contribution in [0.1, 0.15) is 31.2 Å². The van der Waals surface area contributed by atoms with E-state index in [1.54, 1.807) is 7.05 Å². The highest BCUT2D eigenvalue weighted by Gasteiger charge is 2.44. The summed E-state index contributed by atoms with van der Waals surface area (Å²) in [6.45, 7) is 0. The summed E-state index contributed by atoms with van der Waals surface area (Å²) in [5.74, 6) is 0.0322. The second kappa shape index (κ2) is 5.29. The molecule has 1 amide bonds. The van der Waals surface area contributed by atoms with Crippen LogP contribution in [0.15, 0.2) is 24.3 Å². The average Bonchev–Trinajstić information content (AvgIpc) is 2.88. The fourth-order valence-electron chi connectivity index (χ4n) is 2.76. The summed E-state index contributed by atoms with van der Waals surface area (Å²) in [4.78, 5) is 17.6. The van der Waals surface area contributed by atoms with Gasteiger partial charge in [0.15, 0.2) is 0 Å². The minimum Gasteiger partial charge on any atom is -0.275 e. The molecule has 2 rings (SSSR count). The summed E-state index contributed by atoms with van der Waals surface area (Å²) in [5.41, 5.74) is 0.605. The topological polar surface area (TPSA) is 29.5 Å². The van der Waals surface area contributed by atoms with E-state index in [1.807, 2.05) is 24.3 Å². The highest BCUT2D eigenvalue weighted by atomic mass is 35.5. The Hall–Kier alpha value is -1.06. The molecule has 0 N–H and O–H groups in total. The lowest BCUT2D eigenvalue weighted by molar-refractivity contribution is -0.175. The molecule has 0 aromatic heterocycles. The number of benzene rings is 1. The number of nitrogens with zero attached hydrogens (tertiary/aromatic N) is 1. The monoisotopic (exact) mass is 267 g/mol. The van der Waals surface area contributed by atoms with Gasteiger partial charge in [0.2, 0.25) is 0 Å². The zero-order valence-electron chi connectivity index (χ0n) is 10.8. The largest absolute Gasteiger partial charge is 0.275 e. The fraction of sp³-hybridized carbons (Fsp3) is 0.500. The first kappa shape index (κ1) is 13.4. The van der Waals surface area contributed by atoms with E-state index in [0.29, 0.717) is 5.02 Å². The number of carbonyl (C=O) groups excluding carboxylic acids is 1. The van der Waals surface area contributed by atoms with Gasteiger partial charge in [-0.15, -0.1) is 0 Å². The van der Waals surface area contributed by atoms with Crippen molar-refractivity contribution in [1.82, 2.24) is 5.06 Å². The quantitative estimate of drug-likeness (QED) is 0.788. The molecular weight excluding hydrogens is 250 g/mol. The predicted molar refractivity (Wildman–Crippen MR) is 71.4 cm³/mol. The number of hydrogen-bond acceptors (Lipinski definition) is 2. The van der Waals surface area contributed by atoms with E-state index < -0.39 is 5.41 Å².